The summed E-state index contributed by atoms with van der Waals surface area (Å²) >= 11 is 0. The van der Waals surface area contributed by atoms with E-state index < -0.39 is 0 Å². The molecule has 3 aromatic heterocycles. The fourth-order valence-electron chi connectivity index (χ4n) is 7.07. The average molecular weight is 656 g/mol. The van der Waals surface area contributed by atoms with Crippen molar-refractivity contribution in [2.75, 3.05) is 0 Å². The standard InChI is InChI=1S/C46H33N5/c1-3-4-7-16-31(2)44-47-45(32-17-8-5-9-18-32)49-46(48-44)33-25-27-35(28-26-33)51-41-24-15-13-22-37(41)39-29-38-36-21-12-14-23-40(36)50(42(38)30-43(39)51)34-19-10-6-11-20-34/h3-30H,1H2,2H3/b7-4-,31-16+. The summed E-state index contributed by atoms with van der Waals surface area (Å²) in [5, 5.41) is 4.93. The maximum Gasteiger partial charge on any atom is 0.164 e. The van der Waals surface area contributed by atoms with Gasteiger partial charge in [-0.3, -0.25) is 0 Å². The van der Waals surface area contributed by atoms with Gasteiger partial charge in [0.2, 0.25) is 0 Å². The van der Waals surface area contributed by atoms with Crippen LogP contribution in [0, 0.1) is 0 Å². The van der Waals surface area contributed by atoms with Gasteiger partial charge in [-0.2, -0.15) is 0 Å². The quantitative estimate of drug-likeness (QED) is 0.161. The van der Waals surface area contributed by atoms with E-state index in [-0.39, 0.29) is 0 Å². The van der Waals surface area contributed by atoms with Crippen molar-refractivity contribution in [2.24, 2.45) is 0 Å². The monoisotopic (exact) mass is 655 g/mol. The lowest BCUT2D eigenvalue weighted by molar-refractivity contribution is 1.03. The minimum atomic E-state index is 0.627. The third kappa shape index (κ3) is 5.23. The van der Waals surface area contributed by atoms with E-state index in [2.05, 4.69) is 131 Å². The number of hydrogen-bond donors (Lipinski definition) is 0. The number of nitrogens with zero attached hydrogens (tertiary/aromatic N) is 5. The van der Waals surface area contributed by atoms with Gasteiger partial charge < -0.3 is 9.13 Å². The number of hydrogen-bond acceptors (Lipinski definition) is 3. The Bertz CT molecular complexity index is 2800. The summed E-state index contributed by atoms with van der Waals surface area (Å²) in [5.41, 5.74) is 9.69. The summed E-state index contributed by atoms with van der Waals surface area (Å²) in [6.45, 7) is 5.79. The lowest BCUT2D eigenvalue weighted by atomic mass is 10.1. The normalized spacial score (nSPS) is 12.1. The van der Waals surface area contributed by atoms with E-state index >= 15 is 0 Å². The van der Waals surface area contributed by atoms with Crippen LogP contribution >= 0.6 is 0 Å². The summed E-state index contributed by atoms with van der Waals surface area (Å²) in [6.07, 6.45) is 7.59. The second-order valence-corrected chi connectivity index (χ2v) is 12.6. The molecule has 0 aliphatic carbocycles. The van der Waals surface area contributed by atoms with Crippen LogP contribution in [0.5, 0.6) is 0 Å². The summed E-state index contributed by atoms with van der Waals surface area (Å²) in [6, 6.07) is 51.3. The second-order valence-electron chi connectivity index (χ2n) is 12.6. The van der Waals surface area contributed by atoms with Crippen molar-refractivity contribution in [1.82, 2.24) is 24.1 Å². The first-order chi connectivity index (χ1) is 25.2. The predicted octanol–water partition coefficient (Wildman–Crippen LogP) is 11.5. The van der Waals surface area contributed by atoms with Gasteiger partial charge in [-0.25, -0.2) is 15.0 Å². The lowest BCUT2D eigenvalue weighted by Gasteiger charge is -2.11. The van der Waals surface area contributed by atoms with Gasteiger partial charge in [-0.15, -0.1) is 0 Å². The smallest absolute Gasteiger partial charge is 0.164 e. The molecule has 0 fully saturated rings. The zero-order valence-electron chi connectivity index (χ0n) is 28.1. The second kappa shape index (κ2) is 12.6. The Morgan fingerprint density at radius 1 is 0.490 bits per heavy atom. The van der Waals surface area contributed by atoms with Crippen LogP contribution in [-0.4, -0.2) is 24.1 Å². The molecule has 51 heavy (non-hydrogen) atoms. The Labute approximate surface area is 295 Å². The minimum Gasteiger partial charge on any atom is -0.309 e. The molecule has 0 atom stereocenters. The third-order valence-corrected chi connectivity index (χ3v) is 9.48. The van der Waals surface area contributed by atoms with Crippen molar-refractivity contribution in [3.63, 3.8) is 0 Å². The maximum atomic E-state index is 4.95. The van der Waals surface area contributed by atoms with E-state index in [0.29, 0.717) is 17.5 Å². The first kappa shape index (κ1) is 30.2. The number of benzene rings is 6. The molecule has 0 aliphatic rings. The molecule has 0 saturated carbocycles. The summed E-state index contributed by atoms with van der Waals surface area (Å²) in [5.74, 6) is 1.90. The van der Waals surface area contributed by atoms with E-state index in [1.165, 1.54) is 32.6 Å². The van der Waals surface area contributed by atoms with Gasteiger partial charge >= 0.3 is 0 Å². The highest BCUT2D eigenvalue weighted by atomic mass is 15.0. The van der Waals surface area contributed by atoms with Crippen LogP contribution in [-0.2, 0) is 0 Å². The largest absolute Gasteiger partial charge is 0.309 e. The minimum absolute atomic E-state index is 0.627. The van der Waals surface area contributed by atoms with E-state index in [9.17, 15) is 0 Å². The highest BCUT2D eigenvalue weighted by Crippen LogP contribution is 2.39. The van der Waals surface area contributed by atoms with Crippen molar-refractivity contribution in [2.45, 2.75) is 6.92 Å². The molecule has 0 spiro atoms. The zero-order chi connectivity index (χ0) is 34.3. The molecule has 0 aliphatic heterocycles. The van der Waals surface area contributed by atoms with Crippen LogP contribution < -0.4 is 0 Å². The summed E-state index contributed by atoms with van der Waals surface area (Å²) in [7, 11) is 0. The van der Waals surface area contributed by atoms with Gasteiger partial charge in [-0.05, 0) is 73.2 Å². The van der Waals surface area contributed by atoms with Crippen molar-refractivity contribution in [3.8, 4) is 34.2 Å². The van der Waals surface area contributed by atoms with Crippen molar-refractivity contribution in [1.29, 1.82) is 0 Å². The molecule has 0 bridgehead atoms. The zero-order valence-corrected chi connectivity index (χ0v) is 28.1. The Kier molecular flexibility index (Phi) is 7.44. The van der Waals surface area contributed by atoms with Crippen LogP contribution in [0.25, 0.3) is 83.3 Å². The highest BCUT2D eigenvalue weighted by molar-refractivity contribution is 6.19. The molecule has 9 rings (SSSR count). The van der Waals surface area contributed by atoms with Crippen molar-refractivity contribution >= 4 is 49.2 Å². The van der Waals surface area contributed by atoms with Crippen molar-refractivity contribution in [3.05, 3.63) is 182 Å². The average Bonchev–Trinajstić information content (AvgIpc) is 3.69. The first-order valence-corrected chi connectivity index (χ1v) is 17.1. The number of para-hydroxylation sites is 3. The third-order valence-electron chi connectivity index (χ3n) is 9.48. The highest BCUT2D eigenvalue weighted by Gasteiger charge is 2.19. The van der Waals surface area contributed by atoms with E-state index in [1.54, 1.807) is 6.08 Å². The van der Waals surface area contributed by atoms with Gasteiger partial charge in [0.15, 0.2) is 17.5 Å². The Morgan fingerprint density at radius 2 is 1.00 bits per heavy atom. The van der Waals surface area contributed by atoms with E-state index in [4.69, 9.17) is 15.0 Å². The van der Waals surface area contributed by atoms with Gasteiger partial charge in [0.1, 0.15) is 0 Å². The lowest BCUT2D eigenvalue weighted by Crippen LogP contribution is -2.02. The predicted molar refractivity (Wildman–Crippen MR) is 212 cm³/mol. The molecule has 0 saturated heterocycles. The summed E-state index contributed by atoms with van der Waals surface area (Å²) in [4.78, 5) is 14.7. The molecule has 0 unspecified atom stereocenters. The van der Waals surface area contributed by atoms with Crippen LogP contribution in [0.2, 0.25) is 0 Å². The van der Waals surface area contributed by atoms with Crippen LogP contribution in [0.4, 0.5) is 0 Å². The fraction of sp³-hybridized carbons (Fsp3) is 0.0217. The Hall–Kier alpha value is -6.85. The van der Waals surface area contributed by atoms with Gasteiger partial charge in [0.25, 0.3) is 0 Å². The molecule has 3 heterocycles. The molecule has 0 radical (unpaired) electrons. The fourth-order valence-corrected chi connectivity index (χ4v) is 7.07. The molecule has 6 aromatic carbocycles. The molecular weight excluding hydrogens is 623 g/mol. The van der Waals surface area contributed by atoms with Crippen molar-refractivity contribution < 1.29 is 0 Å². The molecule has 242 valence electrons. The topological polar surface area (TPSA) is 48.5 Å². The number of allylic oxidation sites excluding steroid dienone is 5. The number of aromatic nitrogens is 5. The summed E-state index contributed by atoms with van der Waals surface area (Å²) < 4.78 is 4.75. The first-order valence-electron chi connectivity index (χ1n) is 17.1. The van der Waals surface area contributed by atoms with E-state index in [0.717, 1.165) is 39.1 Å². The van der Waals surface area contributed by atoms with Gasteiger partial charge in [0.05, 0.1) is 22.1 Å². The van der Waals surface area contributed by atoms with Crippen LogP contribution in [0.15, 0.2) is 176 Å². The van der Waals surface area contributed by atoms with E-state index in [1.807, 2.05) is 55.5 Å². The Morgan fingerprint density at radius 3 is 1.59 bits per heavy atom. The molecule has 9 aromatic rings. The maximum absolute atomic E-state index is 4.95. The van der Waals surface area contributed by atoms with Gasteiger partial charge in [0, 0.05) is 44.0 Å². The molecule has 0 N–H and O–H groups in total. The molecule has 5 nitrogen and oxygen atoms in total. The molecular formula is C46H33N5. The van der Waals surface area contributed by atoms with Gasteiger partial charge in [-0.1, -0.05) is 116 Å². The molecule has 0 amide bonds. The molecule has 5 heteroatoms. The number of rotatable bonds is 7. The van der Waals surface area contributed by atoms with Crippen LogP contribution in [0.3, 0.4) is 0 Å². The SMILES string of the molecule is C=C/C=C\C=C(/C)c1nc(-c2ccccc2)nc(-c2ccc(-n3c4ccccc4c4cc5c6ccccc6n(-c6ccccc6)c5cc43)cc2)n1. The Balaban J connectivity index is 1.22. The number of fused-ring (bicyclic) bond motifs is 6. The van der Waals surface area contributed by atoms with Crippen LogP contribution in [0.1, 0.15) is 12.7 Å².